The van der Waals surface area contributed by atoms with Crippen LogP contribution in [0.15, 0.2) is 53.4 Å². The van der Waals surface area contributed by atoms with Crippen LogP contribution in [-0.2, 0) is 27.8 Å². The van der Waals surface area contributed by atoms with Crippen LogP contribution in [0.25, 0.3) is 0 Å². The number of sulfonamides is 1. The molecule has 2 aliphatic rings. The Hall–Kier alpha value is -2.22. The van der Waals surface area contributed by atoms with Crippen molar-refractivity contribution in [2.45, 2.75) is 31.2 Å². The lowest BCUT2D eigenvalue weighted by atomic mass is 10.0. The second-order valence-electron chi connectivity index (χ2n) is 7.88. The maximum absolute atomic E-state index is 13.2. The number of nitrogens with zero attached hydrogens (tertiary/aromatic N) is 2. The minimum atomic E-state index is -3.51. The van der Waals surface area contributed by atoms with E-state index < -0.39 is 10.0 Å². The fourth-order valence-electron chi connectivity index (χ4n) is 4.31. The maximum Gasteiger partial charge on any atom is 0.243 e. The summed E-state index contributed by atoms with van der Waals surface area (Å²) in [7, 11) is -3.51. The van der Waals surface area contributed by atoms with Crippen LogP contribution >= 0.6 is 0 Å². The highest BCUT2D eigenvalue weighted by atomic mass is 32.2. The Morgan fingerprint density at radius 2 is 1.76 bits per heavy atom. The zero-order chi connectivity index (χ0) is 20.4. The number of carbonyl (C=O) groups is 1. The predicted molar refractivity (Wildman–Crippen MR) is 112 cm³/mol. The van der Waals surface area contributed by atoms with Gasteiger partial charge in [0.25, 0.3) is 0 Å². The Morgan fingerprint density at radius 1 is 1.03 bits per heavy atom. The minimum Gasteiger partial charge on any atom is -0.329 e. The van der Waals surface area contributed by atoms with Gasteiger partial charge in [-0.25, -0.2) is 8.42 Å². The van der Waals surface area contributed by atoms with E-state index in [1.807, 2.05) is 18.2 Å². The minimum absolute atomic E-state index is 0.000861. The summed E-state index contributed by atoms with van der Waals surface area (Å²) in [4.78, 5) is 15.3. The number of quaternary nitrogens is 1. The van der Waals surface area contributed by atoms with Crippen molar-refractivity contribution in [3.8, 4) is 0 Å². The first-order valence-corrected chi connectivity index (χ1v) is 11.7. The number of piperazine rings is 1. The van der Waals surface area contributed by atoms with Crippen molar-refractivity contribution in [2.24, 2.45) is 0 Å². The molecule has 0 atom stereocenters. The maximum atomic E-state index is 13.2. The molecule has 0 unspecified atom stereocenters. The van der Waals surface area contributed by atoms with Gasteiger partial charge in [-0.15, -0.1) is 0 Å². The van der Waals surface area contributed by atoms with Gasteiger partial charge < -0.3 is 9.80 Å². The number of hydrogen-bond donors (Lipinski definition) is 1. The molecule has 2 aromatic rings. The molecule has 1 fully saturated rings. The summed E-state index contributed by atoms with van der Waals surface area (Å²) in [6.07, 6.45) is 1.66. The number of benzene rings is 2. The topological polar surface area (TPSA) is 62.1 Å². The first-order valence-electron chi connectivity index (χ1n) is 10.2. The SMILES string of the molecule is CC(=O)N1CCCc2cc(S(=O)(=O)N3CC[NH+](Cc4ccccc4)CC3)ccc21. The first kappa shape index (κ1) is 20.1. The molecule has 2 aliphatic heterocycles. The molecule has 1 amide bonds. The Bertz CT molecular complexity index is 984. The molecule has 0 saturated carbocycles. The fourth-order valence-corrected chi connectivity index (χ4v) is 5.81. The molecular weight excluding hydrogens is 386 g/mol. The van der Waals surface area contributed by atoms with Crippen LogP contribution in [0, 0.1) is 0 Å². The van der Waals surface area contributed by atoms with E-state index in [1.54, 1.807) is 34.3 Å². The lowest BCUT2D eigenvalue weighted by Crippen LogP contribution is -3.13. The fraction of sp³-hybridized carbons (Fsp3) is 0.409. The molecule has 7 heteroatoms. The van der Waals surface area contributed by atoms with Crippen molar-refractivity contribution in [1.82, 2.24) is 4.31 Å². The van der Waals surface area contributed by atoms with Gasteiger partial charge in [-0.05, 0) is 36.6 Å². The summed E-state index contributed by atoms with van der Waals surface area (Å²) in [5, 5.41) is 0. The van der Waals surface area contributed by atoms with E-state index in [0.717, 1.165) is 43.7 Å². The number of fused-ring (bicyclic) bond motifs is 1. The number of aryl methyl sites for hydroxylation is 1. The highest BCUT2D eigenvalue weighted by molar-refractivity contribution is 7.89. The molecule has 1 saturated heterocycles. The van der Waals surface area contributed by atoms with Crippen LogP contribution in [0.5, 0.6) is 0 Å². The highest BCUT2D eigenvalue weighted by Crippen LogP contribution is 2.30. The molecule has 0 aromatic heterocycles. The van der Waals surface area contributed by atoms with Gasteiger partial charge >= 0.3 is 0 Å². The highest BCUT2D eigenvalue weighted by Gasteiger charge is 2.31. The van der Waals surface area contributed by atoms with E-state index in [1.165, 1.54) is 10.5 Å². The van der Waals surface area contributed by atoms with Crippen molar-refractivity contribution < 1.29 is 18.1 Å². The number of nitrogens with one attached hydrogen (secondary N) is 1. The van der Waals surface area contributed by atoms with Gasteiger partial charge in [0.05, 0.1) is 31.1 Å². The molecule has 2 heterocycles. The van der Waals surface area contributed by atoms with Gasteiger partial charge in [0.15, 0.2) is 0 Å². The molecule has 6 nitrogen and oxygen atoms in total. The number of hydrogen-bond acceptors (Lipinski definition) is 3. The van der Waals surface area contributed by atoms with Gasteiger partial charge in [-0.2, -0.15) is 4.31 Å². The molecule has 2 aromatic carbocycles. The first-order chi connectivity index (χ1) is 13.9. The van der Waals surface area contributed by atoms with E-state index in [-0.39, 0.29) is 5.91 Å². The third-order valence-corrected chi connectivity index (χ3v) is 7.81. The van der Waals surface area contributed by atoms with Crippen molar-refractivity contribution in [1.29, 1.82) is 0 Å². The second-order valence-corrected chi connectivity index (χ2v) is 9.82. The smallest absolute Gasteiger partial charge is 0.243 e. The molecule has 0 radical (unpaired) electrons. The summed E-state index contributed by atoms with van der Waals surface area (Å²) in [6.45, 7) is 5.84. The van der Waals surface area contributed by atoms with Crippen LogP contribution in [0.2, 0.25) is 0 Å². The monoisotopic (exact) mass is 414 g/mol. The molecule has 0 bridgehead atoms. The van der Waals surface area contributed by atoms with Gasteiger partial charge in [0, 0.05) is 24.7 Å². The quantitative estimate of drug-likeness (QED) is 0.814. The summed E-state index contributed by atoms with van der Waals surface area (Å²) in [6, 6.07) is 15.5. The van der Waals surface area contributed by atoms with E-state index >= 15 is 0 Å². The molecule has 29 heavy (non-hydrogen) atoms. The van der Waals surface area contributed by atoms with Crippen molar-refractivity contribution in [2.75, 3.05) is 37.6 Å². The van der Waals surface area contributed by atoms with Crippen molar-refractivity contribution in [3.63, 3.8) is 0 Å². The molecule has 4 rings (SSSR count). The molecule has 0 spiro atoms. The number of anilines is 1. The van der Waals surface area contributed by atoms with Crippen LogP contribution in [0.3, 0.4) is 0 Å². The van der Waals surface area contributed by atoms with Crippen molar-refractivity contribution in [3.05, 3.63) is 59.7 Å². The molecular formula is C22H28N3O3S+. The Balaban J connectivity index is 1.46. The molecule has 0 aliphatic carbocycles. The third kappa shape index (κ3) is 4.22. The Kier molecular flexibility index (Phi) is 5.72. The summed E-state index contributed by atoms with van der Waals surface area (Å²) >= 11 is 0. The van der Waals surface area contributed by atoms with Gasteiger partial charge in [0.1, 0.15) is 6.54 Å². The average molecular weight is 415 g/mol. The number of amides is 1. The zero-order valence-electron chi connectivity index (χ0n) is 16.8. The summed E-state index contributed by atoms with van der Waals surface area (Å²) in [5.41, 5.74) is 3.07. The summed E-state index contributed by atoms with van der Waals surface area (Å²) in [5.74, 6) is -0.000861. The zero-order valence-corrected chi connectivity index (χ0v) is 17.6. The lowest BCUT2D eigenvalue weighted by Gasteiger charge is -2.32. The third-order valence-electron chi connectivity index (χ3n) is 5.91. The van der Waals surface area contributed by atoms with Crippen LogP contribution in [0.4, 0.5) is 5.69 Å². The normalized spacial score (nSPS) is 18.4. The largest absolute Gasteiger partial charge is 0.329 e. The van der Waals surface area contributed by atoms with Gasteiger partial charge in [-0.3, -0.25) is 4.79 Å². The Morgan fingerprint density at radius 3 is 2.45 bits per heavy atom. The molecule has 154 valence electrons. The number of carbonyl (C=O) groups excluding carboxylic acids is 1. The Labute approximate surface area is 172 Å². The standard InChI is InChI=1S/C22H27N3O3S/c1-18(26)25-11-5-8-20-16-21(9-10-22(20)25)29(27,28)24-14-12-23(13-15-24)17-19-6-3-2-4-7-19/h2-4,6-7,9-10,16H,5,8,11-15,17H2,1H3/p+1. The second kappa shape index (κ2) is 8.26. The molecule has 1 N–H and O–H groups in total. The van der Waals surface area contributed by atoms with Gasteiger partial charge in [-0.1, -0.05) is 30.3 Å². The van der Waals surface area contributed by atoms with E-state index in [2.05, 4.69) is 12.1 Å². The number of rotatable bonds is 4. The van der Waals surface area contributed by atoms with Gasteiger partial charge in [0.2, 0.25) is 15.9 Å². The summed E-state index contributed by atoms with van der Waals surface area (Å²) < 4.78 is 28.0. The van der Waals surface area contributed by atoms with E-state index in [0.29, 0.717) is 24.5 Å². The van der Waals surface area contributed by atoms with E-state index in [9.17, 15) is 13.2 Å². The average Bonchev–Trinajstić information content (AvgIpc) is 2.74. The van der Waals surface area contributed by atoms with Crippen LogP contribution < -0.4 is 9.80 Å². The predicted octanol–water partition coefficient (Wildman–Crippen LogP) is 1.08. The van der Waals surface area contributed by atoms with Crippen LogP contribution in [-0.4, -0.2) is 51.4 Å². The van der Waals surface area contributed by atoms with E-state index in [4.69, 9.17) is 0 Å². The van der Waals surface area contributed by atoms with Crippen LogP contribution in [0.1, 0.15) is 24.5 Å². The lowest BCUT2D eigenvalue weighted by molar-refractivity contribution is -0.917. The van der Waals surface area contributed by atoms with Crippen molar-refractivity contribution >= 4 is 21.6 Å².